The zero-order valence-electron chi connectivity index (χ0n) is 17.6. The van der Waals surface area contributed by atoms with Gasteiger partial charge in [-0.1, -0.05) is 60.7 Å². The van der Waals surface area contributed by atoms with Crippen molar-refractivity contribution in [3.05, 3.63) is 120 Å². The highest BCUT2D eigenvalue weighted by atomic mass is 19.1. The van der Waals surface area contributed by atoms with Crippen molar-refractivity contribution >= 4 is 17.2 Å². The van der Waals surface area contributed by atoms with Crippen molar-refractivity contribution in [1.29, 1.82) is 0 Å². The Hall–Kier alpha value is -4.06. The summed E-state index contributed by atoms with van der Waals surface area (Å²) in [6, 6.07) is 24.8. The topological polar surface area (TPSA) is 68.6 Å². The van der Waals surface area contributed by atoms with E-state index in [0.29, 0.717) is 29.5 Å². The summed E-state index contributed by atoms with van der Waals surface area (Å²) in [6.45, 7) is 2.32. The molecule has 0 saturated heterocycles. The number of aromatic nitrogens is 2. The fourth-order valence-corrected chi connectivity index (χ4v) is 4.11. The van der Waals surface area contributed by atoms with Crippen molar-refractivity contribution in [1.82, 2.24) is 9.55 Å². The number of hydrogen-bond acceptors (Lipinski definition) is 4. The number of nitrogens with two attached hydrogens (primary N) is 1. The van der Waals surface area contributed by atoms with E-state index in [1.807, 2.05) is 78.4 Å². The molecule has 3 aromatic carbocycles. The molecule has 5 nitrogen and oxygen atoms in total. The van der Waals surface area contributed by atoms with Crippen LogP contribution >= 0.6 is 0 Å². The maximum absolute atomic E-state index is 15.0. The molecule has 0 spiro atoms. The van der Waals surface area contributed by atoms with Crippen LogP contribution in [0.1, 0.15) is 29.4 Å². The molecule has 2 heterocycles. The number of nitrogens with zero attached hydrogens (tertiary/aromatic N) is 4. The van der Waals surface area contributed by atoms with Crippen LogP contribution in [0.15, 0.2) is 101 Å². The van der Waals surface area contributed by atoms with Crippen LogP contribution in [-0.2, 0) is 12.1 Å². The predicted molar refractivity (Wildman–Crippen MR) is 125 cm³/mol. The molecule has 6 heteroatoms. The number of imidazole rings is 1. The number of amidine groups is 1. The van der Waals surface area contributed by atoms with E-state index in [0.717, 1.165) is 16.8 Å². The van der Waals surface area contributed by atoms with E-state index in [9.17, 15) is 0 Å². The van der Waals surface area contributed by atoms with Crippen LogP contribution in [0.2, 0.25) is 0 Å². The molecule has 2 N–H and O–H groups in total. The lowest BCUT2D eigenvalue weighted by Crippen LogP contribution is -2.37. The Kier molecular flexibility index (Phi) is 4.90. The van der Waals surface area contributed by atoms with Gasteiger partial charge in [0.15, 0.2) is 11.7 Å². The minimum absolute atomic E-state index is 0.298. The standard InChI is InChI=1S/C26H22FN5/c1-26(17-32-15-14-29-25(32)24(28)31-26)21-16-20(12-13-22(21)27)30-23(18-8-4-2-5-9-18)19-10-6-3-7-11-19/h2-16H,17H2,1H3,(H2,28,31)/t26-/m0/s1. The van der Waals surface area contributed by atoms with Crippen molar-refractivity contribution in [2.45, 2.75) is 19.0 Å². The maximum Gasteiger partial charge on any atom is 0.175 e. The number of benzene rings is 3. The van der Waals surface area contributed by atoms with Crippen molar-refractivity contribution in [3.8, 4) is 0 Å². The molecule has 1 aromatic heterocycles. The van der Waals surface area contributed by atoms with Gasteiger partial charge in [-0.05, 0) is 25.1 Å². The monoisotopic (exact) mass is 423 g/mol. The number of hydrogen-bond donors (Lipinski definition) is 1. The summed E-state index contributed by atoms with van der Waals surface area (Å²) in [5.41, 5.74) is 9.15. The van der Waals surface area contributed by atoms with Crippen molar-refractivity contribution < 1.29 is 4.39 Å². The minimum Gasteiger partial charge on any atom is -0.381 e. The van der Waals surface area contributed by atoms with Gasteiger partial charge in [0, 0.05) is 29.1 Å². The summed E-state index contributed by atoms with van der Waals surface area (Å²) in [6.07, 6.45) is 3.50. The second-order valence-corrected chi connectivity index (χ2v) is 8.01. The van der Waals surface area contributed by atoms with E-state index in [1.165, 1.54) is 6.07 Å². The van der Waals surface area contributed by atoms with E-state index in [2.05, 4.69) is 9.98 Å². The van der Waals surface area contributed by atoms with E-state index in [1.54, 1.807) is 18.3 Å². The van der Waals surface area contributed by atoms with Crippen LogP contribution < -0.4 is 5.73 Å². The van der Waals surface area contributed by atoms with Gasteiger partial charge in [0.1, 0.15) is 11.4 Å². The Bertz CT molecular complexity index is 1280. The Morgan fingerprint density at radius 1 is 1.00 bits per heavy atom. The minimum atomic E-state index is -0.868. The average Bonchev–Trinajstić information content (AvgIpc) is 3.28. The third-order valence-electron chi connectivity index (χ3n) is 5.66. The summed E-state index contributed by atoms with van der Waals surface area (Å²) in [4.78, 5) is 13.8. The van der Waals surface area contributed by atoms with E-state index in [4.69, 9.17) is 10.7 Å². The van der Waals surface area contributed by atoms with Gasteiger partial charge in [-0.2, -0.15) is 0 Å². The van der Waals surface area contributed by atoms with E-state index >= 15 is 4.39 Å². The number of fused-ring (bicyclic) bond motifs is 1. The number of halogens is 1. The highest BCUT2D eigenvalue weighted by Gasteiger charge is 2.35. The molecule has 1 aliphatic heterocycles. The molecule has 158 valence electrons. The molecular formula is C26H22FN5. The molecular weight excluding hydrogens is 401 g/mol. The summed E-state index contributed by atoms with van der Waals surface area (Å²) >= 11 is 0. The Morgan fingerprint density at radius 3 is 2.31 bits per heavy atom. The van der Waals surface area contributed by atoms with Gasteiger partial charge in [-0.3, -0.25) is 4.99 Å². The van der Waals surface area contributed by atoms with Crippen molar-refractivity contribution in [2.24, 2.45) is 15.7 Å². The zero-order chi connectivity index (χ0) is 22.1. The normalized spacial score (nSPS) is 17.4. The van der Waals surface area contributed by atoms with Gasteiger partial charge in [0.05, 0.1) is 17.9 Å². The fraction of sp³-hybridized carbons (Fsp3) is 0.115. The molecule has 0 aliphatic carbocycles. The molecule has 5 rings (SSSR count). The Balaban J connectivity index is 1.62. The summed E-state index contributed by atoms with van der Waals surface area (Å²) in [5.74, 6) is 0.561. The second-order valence-electron chi connectivity index (χ2n) is 8.01. The Labute approximate surface area is 185 Å². The van der Waals surface area contributed by atoms with Crippen LogP contribution in [0.4, 0.5) is 10.1 Å². The average molecular weight is 423 g/mol. The summed E-state index contributed by atoms with van der Waals surface area (Å²) in [5, 5.41) is 0. The summed E-state index contributed by atoms with van der Waals surface area (Å²) in [7, 11) is 0. The van der Waals surface area contributed by atoms with Crippen LogP contribution in [0.25, 0.3) is 0 Å². The van der Waals surface area contributed by atoms with E-state index < -0.39 is 5.54 Å². The van der Waals surface area contributed by atoms with Gasteiger partial charge in [-0.25, -0.2) is 14.4 Å². The molecule has 32 heavy (non-hydrogen) atoms. The van der Waals surface area contributed by atoms with Crippen LogP contribution in [0.5, 0.6) is 0 Å². The number of aliphatic imine (C=N–C) groups is 2. The van der Waals surface area contributed by atoms with E-state index in [-0.39, 0.29) is 5.82 Å². The Morgan fingerprint density at radius 2 is 1.66 bits per heavy atom. The molecule has 0 amide bonds. The first-order valence-corrected chi connectivity index (χ1v) is 10.4. The third kappa shape index (κ3) is 3.60. The highest BCUT2D eigenvalue weighted by Crippen LogP contribution is 2.35. The summed E-state index contributed by atoms with van der Waals surface area (Å²) < 4.78 is 16.9. The SMILES string of the molecule is C[C@@]1(c2cc(N=C(c3ccccc3)c3ccccc3)ccc2F)Cn2ccnc2C(N)=N1. The van der Waals surface area contributed by atoms with Crippen LogP contribution in [0, 0.1) is 5.82 Å². The predicted octanol–water partition coefficient (Wildman–Crippen LogP) is 4.83. The fourth-order valence-electron chi connectivity index (χ4n) is 4.11. The first-order valence-electron chi connectivity index (χ1n) is 10.4. The first-order chi connectivity index (χ1) is 15.5. The maximum atomic E-state index is 15.0. The van der Waals surface area contributed by atoms with Gasteiger partial charge in [0.2, 0.25) is 0 Å². The van der Waals surface area contributed by atoms with Crippen molar-refractivity contribution in [3.63, 3.8) is 0 Å². The lowest BCUT2D eigenvalue weighted by Gasteiger charge is -2.31. The lowest BCUT2D eigenvalue weighted by molar-refractivity contribution is 0.383. The molecule has 0 radical (unpaired) electrons. The molecule has 0 fully saturated rings. The molecule has 0 unspecified atom stereocenters. The van der Waals surface area contributed by atoms with Crippen molar-refractivity contribution in [2.75, 3.05) is 0 Å². The number of rotatable bonds is 4. The highest BCUT2D eigenvalue weighted by molar-refractivity contribution is 6.13. The molecule has 1 atom stereocenters. The molecule has 0 bridgehead atoms. The van der Waals surface area contributed by atoms with Crippen LogP contribution in [0.3, 0.4) is 0 Å². The molecule has 4 aromatic rings. The largest absolute Gasteiger partial charge is 0.381 e. The quantitative estimate of drug-likeness (QED) is 0.478. The smallest absolute Gasteiger partial charge is 0.175 e. The third-order valence-corrected chi connectivity index (χ3v) is 5.66. The second kappa shape index (κ2) is 7.89. The molecule has 0 saturated carbocycles. The van der Waals surface area contributed by atoms with Gasteiger partial charge in [0.25, 0.3) is 0 Å². The van der Waals surface area contributed by atoms with Crippen LogP contribution in [-0.4, -0.2) is 21.1 Å². The lowest BCUT2D eigenvalue weighted by atomic mass is 9.90. The van der Waals surface area contributed by atoms with Gasteiger partial charge in [-0.15, -0.1) is 0 Å². The first kappa shape index (κ1) is 19.9. The van der Waals surface area contributed by atoms with Gasteiger partial charge < -0.3 is 10.3 Å². The molecule has 1 aliphatic rings. The van der Waals surface area contributed by atoms with Gasteiger partial charge >= 0.3 is 0 Å². The zero-order valence-corrected chi connectivity index (χ0v) is 17.6.